The summed E-state index contributed by atoms with van der Waals surface area (Å²) in [4.78, 5) is 17.3. The normalized spacial score (nSPS) is 10.2. The Kier molecular flexibility index (Phi) is 5.88. The molecule has 18 heavy (non-hydrogen) atoms. The first-order chi connectivity index (χ1) is 8.52. The second-order valence-electron chi connectivity index (χ2n) is 3.35. The Balaban J connectivity index is 3.08. The van der Waals surface area contributed by atoms with Crippen molar-refractivity contribution in [1.29, 1.82) is 0 Å². The van der Waals surface area contributed by atoms with Crippen LogP contribution in [0.4, 0.5) is 0 Å². The van der Waals surface area contributed by atoms with E-state index in [1.165, 1.54) is 11.1 Å². The Bertz CT molecular complexity index is 466. The topological polar surface area (TPSA) is 53.4 Å². The summed E-state index contributed by atoms with van der Waals surface area (Å²) >= 11 is 17.5. The molecule has 1 aromatic heterocycles. The van der Waals surface area contributed by atoms with Crippen molar-refractivity contribution in [3.63, 3.8) is 0 Å². The van der Waals surface area contributed by atoms with Crippen LogP contribution in [0.1, 0.15) is 10.5 Å². The lowest BCUT2D eigenvalue weighted by atomic mass is 10.3. The molecule has 98 valence electrons. The van der Waals surface area contributed by atoms with Crippen LogP contribution in [0.25, 0.3) is 0 Å². The van der Waals surface area contributed by atoms with Crippen LogP contribution in [0.3, 0.4) is 0 Å². The lowest BCUT2D eigenvalue weighted by Crippen LogP contribution is -2.34. The minimum atomic E-state index is -0.437. The van der Waals surface area contributed by atoms with E-state index in [4.69, 9.17) is 39.9 Å². The third kappa shape index (κ3) is 3.36. The fourth-order valence-corrected chi connectivity index (χ4v) is 1.86. The van der Waals surface area contributed by atoms with Crippen LogP contribution in [0.2, 0.25) is 15.1 Å². The average molecular weight is 310 g/mol. The molecule has 0 atom stereocenters. The largest absolute Gasteiger partial charge is 0.395 e. The van der Waals surface area contributed by atoms with Gasteiger partial charge in [-0.25, -0.2) is 4.98 Å². The van der Waals surface area contributed by atoms with E-state index in [1.807, 2.05) is 0 Å². The molecule has 0 spiro atoms. The number of carbonyl (C=O) groups excluding carboxylic acids is 1. The van der Waals surface area contributed by atoms with E-state index in [9.17, 15) is 4.79 Å². The van der Waals surface area contributed by atoms with Crippen molar-refractivity contribution in [2.24, 2.45) is 0 Å². The average Bonchev–Trinajstić information content (AvgIpc) is 2.35. The molecule has 0 aliphatic heterocycles. The molecule has 1 aromatic rings. The van der Waals surface area contributed by atoms with Gasteiger partial charge in [0.2, 0.25) is 0 Å². The molecule has 0 aliphatic carbocycles. The molecular formula is C11H11Cl3N2O2. The summed E-state index contributed by atoms with van der Waals surface area (Å²) < 4.78 is 0. The molecule has 0 saturated carbocycles. The number of aromatic nitrogens is 1. The molecule has 1 heterocycles. The van der Waals surface area contributed by atoms with Crippen LogP contribution in [-0.4, -0.2) is 40.6 Å². The Hall–Kier alpha value is -0.810. The number of rotatable bonds is 5. The molecule has 1 rings (SSSR count). The van der Waals surface area contributed by atoms with Crippen LogP contribution < -0.4 is 0 Å². The third-order valence-electron chi connectivity index (χ3n) is 2.13. The Morgan fingerprint density at radius 2 is 2.11 bits per heavy atom. The van der Waals surface area contributed by atoms with E-state index >= 15 is 0 Å². The van der Waals surface area contributed by atoms with Crippen molar-refractivity contribution >= 4 is 40.7 Å². The number of hydrogen-bond acceptors (Lipinski definition) is 3. The third-order valence-corrected chi connectivity index (χ3v) is 3.37. The molecule has 0 fully saturated rings. The van der Waals surface area contributed by atoms with Crippen LogP contribution in [0.15, 0.2) is 18.9 Å². The molecule has 0 saturated heterocycles. The molecule has 7 heteroatoms. The number of carbonyl (C=O) groups is 1. The van der Waals surface area contributed by atoms with E-state index in [0.717, 1.165) is 0 Å². The van der Waals surface area contributed by atoms with E-state index in [-0.39, 0.29) is 40.5 Å². The summed E-state index contributed by atoms with van der Waals surface area (Å²) in [6, 6.07) is 0. The van der Waals surface area contributed by atoms with E-state index < -0.39 is 5.91 Å². The lowest BCUT2D eigenvalue weighted by Gasteiger charge is -2.20. The van der Waals surface area contributed by atoms with Crippen LogP contribution in [-0.2, 0) is 0 Å². The number of nitrogens with zero attached hydrogens (tertiary/aromatic N) is 2. The quantitative estimate of drug-likeness (QED) is 0.851. The Labute approximate surface area is 120 Å². The molecule has 0 aromatic carbocycles. The summed E-state index contributed by atoms with van der Waals surface area (Å²) in [5, 5.41) is 9.16. The van der Waals surface area contributed by atoms with Gasteiger partial charge in [0.05, 0.1) is 21.7 Å². The lowest BCUT2D eigenvalue weighted by molar-refractivity contribution is 0.0737. The van der Waals surface area contributed by atoms with Crippen molar-refractivity contribution < 1.29 is 9.90 Å². The Morgan fingerprint density at radius 1 is 1.44 bits per heavy atom. The van der Waals surface area contributed by atoms with Gasteiger partial charge in [0, 0.05) is 19.3 Å². The number of aliphatic hydroxyl groups excluding tert-OH is 1. The SMILES string of the molecule is C=CCN(CCO)C(=O)c1ncc(Cl)c(Cl)c1Cl. The molecule has 1 amide bonds. The van der Waals surface area contributed by atoms with Gasteiger partial charge in [-0.3, -0.25) is 4.79 Å². The highest BCUT2D eigenvalue weighted by Gasteiger charge is 2.21. The van der Waals surface area contributed by atoms with E-state index in [1.54, 1.807) is 6.08 Å². The second-order valence-corrected chi connectivity index (χ2v) is 4.51. The van der Waals surface area contributed by atoms with Crippen molar-refractivity contribution in [1.82, 2.24) is 9.88 Å². The van der Waals surface area contributed by atoms with Gasteiger partial charge in [0.1, 0.15) is 5.69 Å². The number of pyridine rings is 1. The van der Waals surface area contributed by atoms with Crippen LogP contribution in [0, 0.1) is 0 Å². The van der Waals surface area contributed by atoms with Crippen molar-refractivity contribution in [2.75, 3.05) is 19.7 Å². The van der Waals surface area contributed by atoms with Gasteiger partial charge in [-0.1, -0.05) is 40.9 Å². The zero-order chi connectivity index (χ0) is 13.7. The highest BCUT2D eigenvalue weighted by molar-refractivity contribution is 6.48. The fourth-order valence-electron chi connectivity index (χ4n) is 1.29. The smallest absolute Gasteiger partial charge is 0.274 e. The predicted octanol–water partition coefficient (Wildman–Crippen LogP) is 2.66. The van der Waals surface area contributed by atoms with Gasteiger partial charge < -0.3 is 10.0 Å². The fraction of sp³-hybridized carbons (Fsp3) is 0.273. The van der Waals surface area contributed by atoms with Gasteiger partial charge in [0.15, 0.2) is 0 Å². The molecule has 0 bridgehead atoms. The first kappa shape index (κ1) is 15.2. The number of amides is 1. The highest BCUT2D eigenvalue weighted by atomic mass is 35.5. The molecule has 0 aliphatic rings. The molecule has 0 unspecified atom stereocenters. The number of aliphatic hydroxyl groups is 1. The molecule has 4 nitrogen and oxygen atoms in total. The molecule has 1 N–H and O–H groups in total. The van der Waals surface area contributed by atoms with E-state index in [2.05, 4.69) is 11.6 Å². The molecule has 0 radical (unpaired) electrons. The summed E-state index contributed by atoms with van der Waals surface area (Å²) in [7, 11) is 0. The van der Waals surface area contributed by atoms with Crippen LogP contribution >= 0.6 is 34.8 Å². The van der Waals surface area contributed by atoms with E-state index in [0.29, 0.717) is 0 Å². The van der Waals surface area contributed by atoms with Gasteiger partial charge in [-0.2, -0.15) is 0 Å². The maximum absolute atomic E-state index is 12.1. The first-order valence-corrected chi connectivity index (χ1v) is 6.16. The van der Waals surface area contributed by atoms with Gasteiger partial charge in [-0.15, -0.1) is 6.58 Å². The zero-order valence-electron chi connectivity index (χ0n) is 9.37. The standard InChI is InChI=1S/C11H11Cl3N2O2/c1-2-3-16(4-5-17)11(18)10-9(14)8(13)7(12)6-15-10/h2,6,17H,1,3-5H2. The maximum Gasteiger partial charge on any atom is 0.274 e. The minimum absolute atomic E-state index is 0.00108. The van der Waals surface area contributed by atoms with Gasteiger partial charge >= 0.3 is 0 Å². The summed E-state index contributed by atoms with van der Waals surface area (Å²) in [5.41, 5.74) is 0.00127. The Morgan fingerprint density at radius 3 is 2.67 bits per heavy atom. The van der Waals surface area contributed by atoms with Crippen molar-refractivity contribution in [2.45, 2.75) is 0 Å². The number of hydrogen-bond donors (Lipinski definition) is 1. The monoisotopic (exact) mass is 308 g/mol. The minimum Gasteiger partial charge on any atom is -0.395 e. The zero-order valence-corrected chi connectivity index (χ0v) is 11.6. The summed E-state index contributed by atoms with van der Waals surface area (Å²) in [6.45, 7) is 3.80. The summed E-state index contributed by atoms with van der Waals surface area (Å²) in [5.74, 6) is -0.437. The number of halogens is 3. The van der Waals surface area contributed by atoms with Crippen molar-refractivity contribution in [3.8, 4) is 0 Å². The second kappa shape index (κ2) is 6.95. The predicted molar refractivity (Wildman–Crippen MR) is 72.5 cm³/mol. The maximum atomic E-state index is 12.1. The summed E-state index contributed by atoms with van der Waals surface area (Å²) in [6.07, 6.45) is 2.80. The van der Waals surface area contributed by atoms with Gasteiger partial charge in [-0.05, 0) is 0 Å². The highest BCUT2D eigenvalue weighted by Crippen LogP contribution is 2.31. The first-order valence-electron chi connectivity index (χ1n) is 5.03. The van der Waals surface area contributed by atoms with Gasteiger partial charge in [0.25, 0.3) is 5.91 Å². The van der Waals surface area contributed by atoms with Crippen molar-refractivity contribution in [3.05, 3.63) is 39.6 Å². The molecular weight excluding hydrogens is 298 g/mol. The van der Waals surface area contributed by atoms with Crippen LogP contribution in [0.5, 0.6) is 0 Å².